The lowest BCUT2D eigenvalue weighted by Crippen LogP contribution is -2.35. The van der Waals surface area contributed by atoms with Crippen molar-refractivity contribution in [3.8, 4) is 0 Å². The Balaban J connectivity index is 1.79. The highest BCUT2D eigenvalue weighted by Crippen LogP contribution is 2.10. The van der Waals surface area contributed by atoms with Crippen LogP contribution in [0.15, 0.2) is 30.3 Å². The maximum Gasteiger partial charge on any atom is 0.253 e. The minimum Gasteiger partial charge on any atom is -0.396 e. The zero-order valence-corrected chi connectivity index (χ0v) is 12.7. The fourth-order valence-electron chi connectivity index (χ4n) is 2.78. The predicted octanol–water partition coefficient (Wildman–Crippen LogP) is 2.00. The highest BCUT2D eigenvalue weighted by molar-refractivity contribution is 5.94. The van der Waals surface area contributed by atoms with Crippen LogP contribution >= 0.6 is 0 Å². The highest BCUT2D eigenvalue weighted by Gasteiger charge is 2.19. The molecule has 0 spiro atoms. The minimum absolute atomic E-state index is 0.151. The van der Waals surface area contributed by atoms with Crippen molar-refractivity contribution in [2.24, 2.45) is 0 Å². The molecule has 1 saturated heterocycles. The SMILES string of the molecule is O=C(c1ccccc1)N1CCCN(CCCCCO)CC1. The Kier molecular flexibility index (Phi) is 6.70. The van der Waals surface area contributed by atoms with E-state index in [1.807, 2.05) is 35.2 Å². The van der Waals surface area contributed by atoms with Crippen molar-refractivity contribution in [1.29, 1.82) is 0 Å². The zero-order valence-electron chi connectivity index (χ0n) is 12.7. The molecule has 0 radical (unpaired) electrons. The molecular weight excluding hydrogens is 264 g/mol. The van der Waals surface area contributed by atoms with E-state index < -0.39 is 0 Å². The fraction of sp³-hybridized carbons (Fsp3) is 0.588. The van der Waals surface area contributed by atoms with Gasteiger partial charge in [-0.3, -0.25) is 4.79 Å². The fourth-order valence-corrected chi connectivity index (χ4v) is 2.78. The summed E-state index contributed by atoms with van der Waals surface area (Å²) in [5.74, 6) is 0.151. The van der Waals surface area contributed by atoms with Crippen LogP contribution in [-0.2, 0) is 0 Å². The number of carbonyl (C=O) groups excluding carboxylic acids is 1. The number of aliphatic hydroxyl groups excluding tert-OH is 1. The number of unbranched alkanes of at least 4 members (excludes halogenated alkanes) is 2. The molecule has 1 aliphatic rings. The first kappa shape index (κ1) is 16.0. The van der Waals surface area contributed by atoms with Crippen molar-refractivity contribution in [2.45, 2.75) is 25.7 Å². The molecule has 0 saturated carbocycles. The minimum atomic E-state index is 0.151. The monoisotopic (exact) mass is 290 g/mol. The quantitative estimate of drug-likeness (QED) is 0.815. The van der Waals surface area contributed by atoms with E-state index >= 15 is 0 Å². The van der Waals surface area contributed by atoms with Crippen LogP contribution in [-0.4, -0.2) is 60.1 Å². The molecule has 0 aliphatic carbocycles. The first-order chi connectivity index (χ1) is 10.3. The number of aliphatic hydroxyl groups is 1. The van der Waals surface area contributed by atoms with E-state index in [1.54, 1.807) is 0 Å². The van der Waals surface area contributed by atoms with E-state index in [0.29, 0.717) is 6.61 Å². The van der Waals surface area contributed by atoms with Gasteiger partial charge in [-0.2, -0.15) is 0 Å². The topological polar surface area (TPSA) is 43.8 Å². The van der Waals surface area contributed by atoms with Gasteiger partial charge in [-0.25, -0.2) is 0 Å². The summed E-state index contributed by atoms with van der Waals surface area (Å²) in [7, 11) is 0. The standard InChI is InChI=1S/C17H26N2O2/c20-15-6-2-5-10-18-11-7-12-19(14-13-18)17(21)16-8-3-1-4-9-16/h1,3-4,8-9,20H,2,5-7,10-15H2. The Hall–Kier alpha value is -1.39. The third-order valence-electron chi connectivity index (χ3n) is 4.03. The molecule has 1 amide bonds. The second kappa shape index (κ2) is 8.80. The number of amides is 1. The molecule has 4 nitrogen and oxygen atoms in total. The van der Waals surface area contributed by atoms with Gasteiger partial charge in [0.2, 0.25) is 0 Å². The van der Waals surface area contributed by atoms with Gasteiger partial charge >= 0.3 is 0 Å². The van der Waals surface area contributed by atoms with E-state index in [2.05, 4.69) is 4.90 Å². The summed E-state index contributed by atoms with van der Waals surface area (Å²) in [6, 6.07) is 9.55. The summed E-state index contributed by atoms with van der Waals surface area (Å²) in [4.78, 5) is 16.9. The van der Waals surface area contributed by atoms with Gasteiger partial charge in [-0.15, -0.1) is 0 Å². The summed E-state index contributed by atoms with van der Waals surface area (Å²) in [6.45, 7) is 5.05. The smallest absolute Gasteiger partial charge is 0.253 e. The van der Waals surface area contributed by atoms with Crippen molar-refractivity contribution in [3.05, 3.63) is 35.9 Å². The largest absolute Gasteiger partial charge is 0.396 e. The third kappa shape index (κ3) is 5.14. The van der Waals surface area contributed by atoms with Gasteiger partial charge in [0.05, 0.1) is 0 Å². The van der Waals surface area contributed by atoms with Crippen LogP contribution in [0.4, 0.5) is 0 Å². The van der Waals surface area contributed by atoms with Crippen molar-refractivity contribution in [3.63, 3.8) is 0 Å². The maximum atomic E-state index is 12.4. The second-order valence-electron chi connectivity index (χ2n) is 5.64. The predicted molar refractivity (Wildman–Crippen MR) is 84.3 cm³/mol. The number of nitrogens with zero attached hydrogens (tertiary/aromatic N) is 2. The van der Waals surface area contributed by atoms with Crippen molar-refractivity contribution < 1.29 is 9.90 Å². The van der Waals surface area contributed by atoms with Gasteiger partial charge in [0, 0.05) is 31.8 Å². The number of hydrogen-bond acceptors (Lipinski definition) is 3. The molecule has 1 fully saturated rings. The lowest BCUT2D eigenvalue weighted by Gasteiger charge is -2.22. The lowest BCUT2D eigenvalue weighted by atomic mass is 10.2. The highest BCUT2D eigenvalue weighted by atomic mass is 16.2. The molecule has 1 aliphatic heterocycles. The number of carbonyl (C=O) groups is 1. The molecule has 21 heavy (non-hydrogen) atoms. The van der Waals surface area contributed by atoms with Crippen molar-refractivity contribution in [2.75, 3.05) is 39.3 Å². The van der Waals surface area contributed by atoms with Crippen LogP contribution in [0.5, 0.6) is 0 Å². The maximum absolute atomic E-state index is 12.4. The Morgan fingerprint density at radius 3 is 2.57 bits per heavy atom. The summed E-state index contributed by atoms with van der Waals surface area (Å²) >= 11 is 0. The van der Waals surface area contributed by atoms with Gasteiger partial charge in [-0.1, -0.05) is 18.2 Å². The Morgan fingerprint density at radius 2 is 1.81 bits per heavy atom. The number of rotatable bonds is 6. The number of benzene rings is 1. The molecule has 0 aromatic heterocycles. The molecule has 4 heteroatoms. The second-order valence-corrected chi connectivity index (χ2v) is 5.64. The zero-order chi connectivity index (χ0) is 14.9. The summed E-state index contributed by atoms with van der Waals surface area (Å²) in [5, 5.41) is 8.79. The van der Waals surface area contributed by atoms with Crippen LogP contribution in [0.3, 0.4) is 0 Å². The lowest BCUT2D eigenvalue weighted by molar-refractivity contribution is 0.0761. The van der Waals surface area contributed by atoms with E-state index in [9.17, 15) is 4.79 Å². The van der Waals surface area contributed by atoms with Gasteiger partial charge in [0.25, 0.3) is 5.91 Å². The first-order valence-electron chi connectivity index (χ1n) is 7.99. The molecule has 116 valence electrons. The normalized spacial score (nSPS) is 16.7. The van der Waals surface area contributed by atoms with E-state index in [4.69, 9.17) is 5.11 Å². The van der Waals surface area contributed by atoms with Crippen molar-refractivity contribution in [1.82, 2.24) is 9.80 Å². The number of hydrogen-bond donors (Lipinski definition) is 1. The van der Waals surface area contributed by atoms with E-state index in [0.717, 1.165) is 64.0 Å². The van der Waals surface area contributed by atoms with Crippen molar-refractivity contribution >= 4 is 5.91 Å². The van der Waals surface area contributed by atoms with Crippen LogP contribution < -0.4 is 0 Å². The molecule has 2 rings (SSSR count). The van der Waals surface area contributed by atoms with Gasteiger partial charge in [0.15, 0.2) is 0 Å². The molecule has 1 N–H and O–H groups in total. The Labute approximate surface area is 127 Å². The summed E-state index contributed by atoms with van der Waals surface area (Å²) < 4.78 is 0. The molecule has 0 bridgehead atoms. The van der Waals surface area contributed by atoms with E-state index in [1.165, 1.54) is 0 Å². The first-order valence-corrected chi connectivity index (χ1v) is 7.99. The summed E-state index contributed by atoms with van der Waals surface area (Å²) in [5.41, 5.74) is 0.786. The summed E-state index contributed by atoms with van der Waals surface area (Å²) in [6.07, 6.45) is 4.15. The molecule has 0 atom stereocenters. The Morgan fingerprint density at radius 1 is 1.00 bits per heavy atom. The van der Waals surface area contributed by atoms with Gasteiger partial charge < -0.3 is 14.9 Å². The Bertz CT molecular complexity index is 422. The van der Waals surface area contributed by atoms with E-state index in [-0.39, 0.29) is 5.91 Å². The van der Waals surface area contributed by atoms with Gasteiger partial charge in [0.1, 0.15) is 0 Å². The van der Waals surface area contributed by atoms with Crippen LogP contribution in [0.1, 0.15) is 36.0 Å². The molecule has 1 aromatic rings. The molecular formula is C17H26N2O2. The van der Waals surface area contributed by atoms with Gasteiger partial charge in [-0.05, 0) is 50.9 Å². The molecule has 1 heterocycles. The van der Waals surface area contributed by atoms with Crippen LogP contribution in [0, 0.1) is 0 Å². The average Bonchev–Trinajstić information content (AvgIpc) is 2.77. The average molecular weight is 290 g/mol. The van der Waals surface area contributed by atoms with Crippen LogP contribution in [0.25, 0.3) is 0 Å². The third-order valence-corrected chi connectivity index (χ3v) is 4.03. The molecule has 1 aromatic carbocycles. The molecule has 0 unspecified atom stereocenters. The van der Waals surface area contributed by atoms with Crippen LogP contribution in [0.2, 0.25) is 0 Å².